The van der Waals surface area contributed by atoms with Gasteiger partial charge in [-0.1, -0.05) is 6.07 Å². The van der Waals surface area contributed by atoms with Crippen molar-refractivity contribution in [2.75, 3.05) is 12.4 Å². The van der Waals surface area contributed by atoms with Crippen molar-refractivity contribution in [3.8, 4) is 11.4 Å². The summed E-state index contributed by atoms with van der Waals surface area (Å²) in [5.41, 5.74) is 4.26. The van der Waals surface area contributed by atoms with Crippen molar-refractivity contribution in [2.45, 2.75) is 25.7 Å². The van der Waals surface area contributed by atoms with Crippen LogP contribution in [0, 0.1) is 6.92 Å². The maximum atomic E-state index is 13.0. The number of benzene rings is 1. The molecule has 1 fully saturated rings. The van der Waals surface area contributed by atoms with Crippen molar-refractivity contribution in [1.29, 1.82) is 0 Å². The lowest BCUT2D eigenvalue weighted by Crippen LogP contribution is -2.13. The zero-order valence-electron chi connectivity index (χ0n) is 16.2. The van der Waals surface area contributed by atoms with Crippen molar-refractivity contribution >= 4 is 17.2 Å². The van der Waals surface area contributed by atoms with E-state index in [0.717, 1.165) is 29.9 Å². The molecule has 0 unspecified atom stereocenters. The van der Waals surface area contributed by atoms with Gasteiger partial charge >= 0.3 is 0 Å². The largest absolute Gasteiger partial charge is 0.492 e. The summed E-state index contributed by atoms with van der Waals surface area (Å²) in [6.45, 7) is 1.92. The van der Waals surface area contributed by atoms with Crippen LogP contribution >= 0.6 is 0 Å². The Morgan fingerprint density at radius 2 is 2.14 bits per heavy atom. The first-order valence-corrected chi connectivity index (χ1v) is 9.47. The first-order chi connectivity index (χ1) is 14.1. The summed E-state index contributed by atoms with van der Waals surface area (Å²) in [4.78, 5) is 22.0. The summed E-state index contributed by atoms with van der Waals surface area (Å²) in [5, 5.41) is 7.21. The highest BCUT2D eigenvalue weighted by atomic mass is 16.5. The molecule has 0 spiro atoms. The van der Waals surface area contributed by atoms with Crippen molar-refractivity contribution < 1.29 is 9.53 Å². The summed E-state index contributed by atoms with van der Waals surface area (Å²) < 4.78 is 9.10. The molecule has 1 amide bonds. The number of nitrogens with zero attached hydrogens (tertiary/aromatic N) is 5. The number of nitrogens with one attached hydrogen (secondary N) is 1. The lowest BCUT2D eigenvalue weighted by molar-refractivity contribution is 0.102. The normalized spacial score (nSPS) is 13.6. The third-order valence-corrected chi connectivity index (χ3v) is 5.07. The van der Waals surface area contributed by atoms with E-state index in [9.17, 15) is 4.79 Å². The molecule has 3 heterocycles. The standard InChI is InChI=1S/C21H20N6O2/c1-13-11-26(12-22-13)18-5-3-4-17(19(18)29-2)25-21(28)15-10-23-27-9-8-16(14-6-7-14)24-20(15)27/h3-5,8-12,14H,6-7H2,1-2H3,(H,25,28). The summed E-state index contributed by atoms with van der Waals surface area (Å²) >= 11 is 0. The molecule has 5 rings (SSSR count). The highest BCUT2D eigenvalue weighted by Crippen LogP contribution is 2.39. The molecule has 3 aromatic heterocycles. The predicted molar refractivity (Wildman–Crippen MR) is 108 cm³/mol. The fourth-order valence-electron chi connectivity index (χ4n) is 3.43. The Morgan fingerprint density at radius 1 is 1.28 bits per heavy atom. The average molecular weight is 388 g/mol. The minimum atomic E-state index is -0.280. The number of aromatic nitrogens is 5. The summed E-state index contributed by atoms with van der Waals surface area (Å²) in [6, 6.07) is 7.55. The first-order valence-electron chi connectivity index (χ1n) is 9.47. The topological polar surface area (TPSA) is 86.3 Å². The fraction of sp³-hybridized carbons (Fsp3) is 0.238. The van der Waals surface area contributed by atoms with Gasteiger partial charge in [-0.2, -0.15) is 5.10 Å². The number of carbonyl (C=O) groups excluding carboxylic acids is 1. The number of carbonyl (C=O) groups is 1. The number of anilines is 1. The van der Waals surface area contributed by atoms with Crippen LogP contribution in [0.25, 0.3) is 11.3 Å². The number of ether oxygens (including phenoxy) is 1. The molecule has 146 valence electrons. The van der Waals surface area contributed by atoms with Gasteiger partial charge in [0.15, 0.2) is 11.4 Å². The Morgan fingerprint density at radius 3 is 2.86 bits per heavy atom. The smallest absolute Gasteiger partial charge is 0.261 e. The van der Waals surface area contributed by atoms with Gasteiger partial charge < -0.3 is 14.6 Å². The number of fused-ring (bicyclic) bond motifs is 1. The van der Waals surface area contributed by atoms with E-state index in [0.29, 0.717) is 28.6 Å². The van der Waals surface area contributed by atoms with Gasteiger partial charge in [0, 0.05) is 24.0 Å². The zero-order valence-corrected chi connectivity index (χ0v) is 16.2. The molecular formula is C21H20N6O2. The van der Waals surface area contributed by atoms with E-state index in [4.69, 9.17) is 4.74 Å². The number of hydrogen-bond acceptors (Lipinski definition) is 5. The fourth-order valence-corrected chi connectivity index (χ4v) is 3.43. The van der Waals surface area contributed by atoms with Crippen molar-refractivity contribution in [2.24, 2.45) is 0 Å². The minimum Gasteiger partial charge on any atom is -0.492 e. The van der Waals surface area contributed by atoms with Crippen LogP contribution in [-0.2, 0) is 0 Å². The summed E-state index contributed by atoms with van der Waals surface area (Å²) in [5.74, 6) is 0.778. The van der Waals surface area contributed by atoms with Gasteiger partial charge in [-0.05, 0) is 38.0 Å². The Kier molecular flexibility index (Phi) is 4.04. The van der Waals surface area contributed by atoms with E-state index in [2.05, 4.69) is 20.4 Å². The van der Waals surface area contributed by atoms with E-state index in [-0.39, 0.29) is 5.91 Å². The minimum absolute atomic E-state index is 0.280. The lowest BCUT2D eigenvalue weighted by atomic mass is 10.2. The molecule has 29 heavy (non-hydrogen) atoms. The van der Waals surface area contributed by atoms with E-state index in [1.165, 1.54) is 0 Å². The maximum Gasteiger partial charge on any atom is 0.261 e. The summed E-state index contributed by atoms with van der Waals surface area (Å²) in [7, 11) is 1.58. The third-order valence-electron chi connectivity index (χ3n) is 5.07. The van der Waals surface area contributed by atoms with Crippen LogP contribution in [-0.4, -0.2) is 37.2 Å². The molecule has 1 aromatic carbocycles. The predicted octanol–water partition coefficient (Wildman–Crippen LogP) is 3.36. The van der Waals surface area contributed by atoms with Crippen molar-refractivity contribution in [3.05, 3.63) is 66.1 Å². The molecule has 8 nitrogen and oxygen atoms in total. The Balaban J connectivity index is 1.49. The number of amides is 1. The molecular weight excluding hydrogens is 368 g/mol. The number of imidazole rings is 1. The van der Waals surface area contributed by atoms with Crippen LogP contribution < -0.4 is 10.1 Å². The average Bonchev–Trinajstić information content (AvgIpc) is 3.35. The molecule has 0 atom stereocenters. The molecule has 1 saturated carbocycles. The molecule has 0 aliphatic heterocycles. The number of aryl methyl sites for hydroxylation is 1. The second-order valence-electron chi connectivity index (χ2n) is 7.19. The highest BCUT2D eigenvalue weighted by Gasteiger charge is 2.26. The van der Waals surface area contributed by atoms with Gasteiger partial charge in [0.2, 0.25) is 0 Å². The summed E-state index contributed by atoms with van der Waals surface area (Å²) in [6.07, 6.45) is 9.32. The second-order valence-corrected chi connectivity index (χ2v) is 7.19. The molecule has 1 aliphatic rings. The van der Waals surface area contributed by atoms with Gasteiger partial charge in [-0.15, -0.1) is 0 Å². The van der Waals surface area contributed by atoms with Gasteiger partial charge in [0.1, 0.15) is 5.56 Å². The van der Waals surface area contributed by atoms with Crippen LogP contribution in [0.5, 0.6) is 5.75 Å². The van der Waals surface area contributed by atoms with E-state index >= 15 is 0 Å². The second kappa shape index (κ2) is 6.73. The number of methoxy groups -OCH3 is 1. The number of para-hydroxylation sites is 1. The van der Waals surface area contributed by atoms with Gasteiger partial charge in [0.25, 0.3) is 5.91 Å². The third kappa shape index (κ3) is 3.12. The Bertz CT molecular complexity index is 1220. The maximum absolute atomic E-state index is 13.0. The van der Waals surface area contributed by atoms with Crippen LogP contribution in [0.2, 0.25) is 0 Å². The van der Waals surface area contributed by atoms with Gasteiger partial charge in [0.05, 0.1) is 36.7 Å². The Hall–Kier alpha value is -3.68. The molecule has 0 saturated heterocycles. The SMILES string of the molecule is COc1c(NC(=O)c2cnn3ccc(C4CC4)nc23)cccc1-n1cnc(C)c1. The molecule has 0 radical (unpaired) electrons. The molecule has 8 heteroatoms. The molecule has 4 aromatic rings. The number of rotatable bonds is 5. The van der Waals surface area contributed by atoms with Gasteiger partial charge in [-0.25, -0.2) is 14.5 Å². The van der Waals surface area contributed by atoms with Crippen LogP contribution in [0.3, 0.4) is 0 Å². The zero-order chi connectivity index (χ0) is 20.0. The van der Waals surface area contributed by atoms with E-state index < -0.39 is 0 Å². The first kappa shape index (κ1) is 17.4. The quantitative estimate of drug-likeness (QED) is 0.567. The Labute approximate surface area is 167 Å². The highest BCUT2D eigenvalue weighted by molar-refractivity contribution is 6.09. The van der Waals surface area contributed by atoms with Crippen LogP contribution in [0.1, 0.15) is 40.5 Å². The monoisotopic (exact) mass is 388 g/mol. The van der Waals surface area contributed by atoms with Crippen molar-refractivity contribution in [3.63, 3.8) is 0 Å². The number of hydrogen-bond donors (Lipinski definition) is 1. The molecule has 0 bridgehead atoms. The van der Waals surface area contributed by atoms with E-state index in [1.807, 2.05) is 42.1 Å². The van der Waals surface area contributed by atoms with Crippen molar-refractivity contribution in [1.82, 2.24) is 24.1 Å². The molecule has 1 aliphatic carbocycles. The van der Waals surface area contributed by atoms with Gasteiger partial charge in [-0.3, -0.25) is 4.79 Å². The molecule has 1 N–H and O–H groups in total. The van der Waals surface area contributed by atoms with Crippen LogP contribution in [0.4, 0.5) is 5.69 Å². The van der Waals surface area contributed by atoms with E-state index in [1.54, 1.807) is 30.2 Å². The van der Waals surface area contributed by atoms with Crippen LogP contribution in [0.15, 0.2) is 49.2 Å². The lowest BCUT2D eigenvalue weighted by Gasteiger charge is -2.14.